The van der Waals surface area contributed by atoms with Crippen molar-refractivity contribution in [2.75, 3.05) is 0 Å². The molecule has 0 atom stereocenters. The second-order valence-corrected chi connectivity index (χ2v) is 0.604. The standard InChI is InChI=1S/CH2O3.Al.Na.3H2O/c2-1(3)4;;;;;/h(H2,2,3,4);;;3*1H2/q;2*+1;;;/p-2. The molecule has 8 heteroatoms. The molecule has 9 heavy (non-hydrogen) atoms. The van der Waals surface area contributed by atoms with Gasteiger partial charge in [-0.05, 0) is 0 Å². The van der Waals surface area contributed by atoms with Crippen LogP contribution in [-0.2, 0) is 3.79 Å². The van der Waals surface area contributed by atoms with Crippen LogP contribution >= 0.6 is 0 Å². The van der Waals surface area contributed by atoms with E-state index in [2.05, 4.69) is 3.79 Å². The van der Waals surface area contributed by atoms with Gasteiger partial charge in [-0.2, -0.15) is 0 Å². The molecular weight excluding hydrogens is 158 g/mol. The van der Waals surface area contributed by atoms with Crippen molar-refractivity contribution in [3.05, 3.63) is 0 Å². The maximum absolute atomic E-state index is 9.01. The van der Waals surface area contributed by atoms with Crippen molar-refractivity contribution in [3.63, 3.8) is 0 Å². The smallest absolute Gasteiger partial charge is 0.674 e. The summed E-state index contributed by atoms with van der Waals surface area (Å²) in [6, 6.07) is 0. The fourth-order valence-corrected chi connectivity index (χ4v) is 0. The molecular formula is CH6AlNaO6. The third-order valence-electron chi connectivity index (χ3n) is 0.0962. The van der Waals surface area contributed by atoms with Crippen LogP contribution in [0, 0.1) is 0 Å². The van der Waals surface area contributed by atoms with Gasteiger partial charge in [0.25, 0.3) is 0 Å². The van der Waals surface area contributed by atoms with Gasteiger partial charge in [-0.25, -0.2) is 0 Å². The van der Waals surface area contributed by atoms with Crippen LogP contribution in [-0.4, -0.2) is 39.2 Å². The third-order valence-corrected chi connectivity index (χ3v) is 0.289. The molecule has 0 saturated heterocycles. The van der Waals surface area contributed by atoms with E-state index in [1.54, 1.807) is 0 Å². The Morgan fingerprint density at radius 3 is 1.44 bits per heavy atom. The SMILES string of the molecule is O.O.O.O=C([O-])[O][Al].[Na+]. The van der Waals surface area contributed by atoms with Crippen molar-refractivity contribution in [3.8, 4) is 0 Å². The van der Waals surface area contributed by atoms with Crippen LogP contribution in [0.4, 0.5) is 4.79 Å². The second kappa shape index (κ2) is 23.4. The molecule has 0 aromatic rings. The van der Waals surface area contributed by atoms with E-state index in [9.17, 15) is 0 Å². The predicted molar refractivity (Wildman–Crippen MR) is 23.1 cm³/mol. The van der Waals surface area contributed by atoms with E-state index in [1.165, 1.54) is 16.6 Å². The van der Waals surface area contributed by atoms with Gasteiger partial charge < -0.3 is 30.1 Å². The summed E-state index contributed by atoms with van der Waals surface area (Å²) in [5.41, 5.74) is 0. The normalized spacial score (nSPS) is 3.56. The Hall–Kier alpha value is 0.682. The van der Waals surface area contributed by atoms with Gasteiger partial charge in [0.05, 0.1) is 0 Å². The number of carboxylic acid groups (broad SMARTS) is 1. The first kappa shape index (κ1) is 33.3. The topological polar surface area (TPSA) is 144 Å². The number of carbonyl (C=O) groups excluding carboxylic acids is 1. The Labute approximate surface area is 82.2 Å². The van der Waals surface area contributed by atoms with Crippen molar-refractivity contribution in [1.29, 1.82) is 0 Å². The Bertz CT molecular complexity index is 48.3. The van der Waals surface area contributed by atoms with Crippen LogP contribution in [0.1, 0.15) is 0 Å². The van der Waals surface area contributed by atoms with Gasteiger partial charge in [-0.3, -0.25) is 0 Å². The van der Waals surface area contributed by atoms with Gasteiger partial charge in [-0.15, -0.1) is 0 Å². The molecule has 2 radical (unpaired) electrons. The largest absolute Gasteiger partial charge is 1.00 e. The van der Waals surface area contributed by atoms with Gasteiger partial charge in [0, 0.05) is 0 Å². The molecule has 0 amide bonds. The van der Waals surface area contributed by atoms with Crippen LogP contribution < -0.4 is 34.7 Å². The Morgan fingerprint density at radius 2 is 1.44 bits per heavy atom. The summed E-state index contributed by atoms with van der Waals surface area (Å²) in [5, 5.41) is 9.01. The predicted octanol–water partition coefficient (Wildman–Crippen LogP) is -7.04. The van der Waals surface area contributed by atoms with E-state index >= 15 is 0 Å². The quantitative estimate of drug-likeness (QED) is 0.328. The summed E-state index contributed by atoms with van der Waals surface area (Å²) in [4.78, 5) is 9.01. The summed E-state index contributed by atoms with van der Waals surface area (Å²) in [5.74, 6) is 0. The second-order valence-electron chi connectivity index (χ2n) is 0.368. The summed E-state index contributed by atoms with van der Waals surface area (Å²) in [7, 11) is 0. The first-order valence-corrected chi connectivity index (χ1v) is 1.32. The Balaban J connectivity index is -0.0000000133. The number of rotatable bonds is 0. The molecule has 0 heterocycles. The van der Waals surface area contributed by atoms with Gasteiger partial charge in [0.15, 0.2) is 0 Å². The van der Waals surface area contributed by atoms with Crippen LogP contribution in [0.25, 0.3) is 0 Å². The summed E-state index contributed by atoms with van der Waals surface area (Å²) in [6.45, 7) is 0. The minimum Gasteiger partial charge on any atom is -0.674 e. The zero-order valence-corrected chi connectivity index (χ0v) is 7.96. The first-order valence-electron chi connectivity index (χ1n) is 0.848. The average Bonchev–Trinajstić information content (AvgIpc) is 1.38. The fourth-order valence-electron chi connectivity index (χ4n) is 0. The molecule has 0 aliphatic heterocycles. The van der Waals surface area contributed by atoms with Crippen LogP contribution in [0.2, 0.25) is 0 Å². The van der Waals surface area contributed by atoms with E-state index in [1.807, 2.05) is 0 Å². The zero-order valence-electron chi connectivity index (χ0n) is 4.80. The molecule has 0 aromatic carbocycles. The molecule has 0 unspecified atom stereocenters. The summed E-state index contributed by atoms with van der Waals surface area (Å²) < 4.78 is 3.47. The maximum Gasteiger partial charge on any atom is 1.00 e. The monoisotopic (exact) mass is 164 g/mol. The van der Waals surface area contributed by atoms with Crippen molar-refractivity contribution in [1.82, 2.24) is 0 Å². The van der Waals surface area contributed by atoms with Crippen molar-refractivity contribution in [2.24, 2.45) is 0 Å². The van der Waals surface area contributed by atoms with Crippen LogP contribution in [0.15, 0.2) is 0 Å². The molecule has 0 fully saturated rings. The molecule has 0 rings (SSSR count). The van der Waals surface area contributed by atoms with Crippen LogP contribution in [0.5, 0.6) is 0 Å². The molecule has 0 aromatic heterocycles. The zero-order chi connectivity index (χ0) is 4.28. The molecule has 0 spiro atoms. The van der Waals surface area contributed by atoms with Gasteiger partial charge >= 0.3 is 46.2 Å². The minimum absolute atomic E-state index is 0. The van der Waals surface area contributed by atoms with E-state index in [-0.39, 0.29) is 46.0 Å². The van der Waals surface area contributed by atoms with Crippen molar-refractivity contribution < 1.29 is 59.7 Å². The molecule has 6 nitrogen and oxygen atoms in total. The van der Waals surface area contributed by atoms with Gasteiger partial charge in [0.1, 0.15) is 0 Å². The molecule has 0 saturated carbocycles. The van der Waals surface area contributed by atoms with Crippen molar-refractivity contribution in [2.45, 2.75) is 0 Å². The number of hydrogen-bond donors (Lipinski definition) is 0. The van der Waals surface area contributed by atoms with E-state index < -0.39 is 6.16 Å². The first-order chi connectivity index (χ1) is 2.27. The summed E-state index contributed by atoms with van der Waals surface area (Å²) >= 11 is 1.53. The van der Waals surface area contributed by atoms with Gasteiger partial charge in [-0.1, -0.05) is 0 Å². The molecule has 50 valence electrons. The molecule has 0 bridgehead atoms. The van der Waals surface area contributed by atoms with Gasteiger partial charge in [0.2, 0.25) is 6.16 Å². The third kappa shape index (κ3) is 53.9. The molecule has 0 aliphatic rings. The molecule has 0 aliphatic carbocycles. The summed E-state index contributed by atoms with van der Waals surface area (Å²) in [6.07, 6.45) is -1.53. The molecule has 6 N–H and O–H groups in total. The van der Waals surface area contributed by atoms with E-state index in [4.69, 9.17) is 9.90 Å². The van der Waals surface area contributed by atoms with E-state index in [0.29, 0.717) is 0 Å². The maximum atomic E-state index is 9.01. The Morgan fingerprint density at radius 1 is 1.33 bits per heavy atom. The fraction of sp³-hybridized carbons (Fsp3) is 0. The Kier molecular flexibility index (Phi) is 86.5. The number of hydrogen-bond acceptors (Lipinski definition) is 3. The van der Waals surface area contributed by atoms with E-state index in [0.717, 1.165) is 0 Å². The number of carbonyl (C=O) groups is 1. The minimum atomic E-state index is -1.53. The average molecular weight is 164 g/mol. The van der Waals surface area contributed by atoms with Crippen LogP contribution in [0.3, 0.4) is 0 Å². The van der Waals surface area contributed by atoms with Crippen molar-refractivity contribution >= 4 is 22.8 Å².